The van der Waals surface area contributed by atoms with Crippen LogP contribution in [-0.4, -0.2) is 11.4 Å². The summed E-state index contributed by atoms with van der Waals surface area (Å²) in [5, 5.41) is 26.4. The van der Waals surface area contributed by atoms with E-state index >= 15 is 0 Å². The standard InChI is InChI=1S/C24H32N2.C14H10O2.Ni/c1-15(2)21-13-10-14-22(16(3)4)24(21)26-20(8)19(7)25-23-17(5)11-9-12-18(23)6;15-13-11-7-3-1-5-9(11)10-6-2-4-8-12(10)14(13)16;/h9-16H,1-8H3;1-8,15-16H;/q;;+2/p-2. The van der Waals surface area contributed by atoms with Gasteiger partial charge in [-0.1, -0.05) is 113 Å². The first-order valence-electron chi connectivity index (χ1n) is 14.6. The number of benzene rings is 5. The topological polar surface area (TPSA) is 70.8 Å². The Morgan fingerprint density at radius 3 is 1.26 bits per heavy atom. The Hall–Kier alpha value is -3.95. The van der Waals surface area contributed by atoms with Crippen LogP contribution in [0.4, 0.5) is 11.4 Å². The van der Waals surface area contributed by atoms with E-state index < -0.39 is 11.5 Å². The first kappa shape index (κ1) is 33.6. The summed E-state index contributed by atoms with van der Waals surface area (Å²) < 4.78 is 0. The van der Waals surface area contributed by atoms with Crippen molar-refractivity contribution in [2.24, 2.45) is 9.98 Å². The van der Waals surface area contributed by atoms with Gasteiger partial charge in [-0.3, -0.25) is 9.98 Å². The molecule has 5 aromatic rings. The van der Waals surface area contributed by atoms with Crippen LogP contribution in [0.1, 0.15) is 75.6 Å². The van der Waals surface area contributed by atoms with Crippen LogP contribution in [-0.2, 0) is 16.5 Å². The largest absolute Gasteiger partial charge is 2.00 e. The summed E-state index contributed by atoms with van der Waals surface area (Å²) in [6.45, 7) is 17.2. The van der Waals surface area contributed by atoms with Crippen molar-refractivity contribution in [2.45, 2.75) is 67.2 Å². The maximum Gasteiger partial charge on any atom is 2.00 e. The summed E-state index contributed by atoms with van der Waals surface area (Å²) in [5.74, 6) is 0.0656. The van der Waals surface area contributed by atoms with Gasteiger partial charge in [0.1, 0.15) is 0 Å². The number of hydrogen-bond donors (Lipinski definition) is 0. The minimum atomic E-state index is -0.408. The molecule has 43 heavy (non-hydrogen) atoms. The van der Waals surface area contributed by atoms with E-state index in [9.17, 15) is 10.2 Å². The molecule has 4 nitrogen and oxygen atoms in total. The van der Waals surface area contributed by atoms with E-state index in [1.54, 1.807) is 24.3 Å². The molecule has 224 valence electrons. The van der Waals surface area contributed by atoms with Crippen LogP contribution in [0.5, 0.6) is 11.5 Å². The summed E-state index contributed by atoms with van der Waals surface area (Å²) in [6.07, 6.45) is 0. The first-order chi connectivity index (χ1) is 20.0. The van der Waals surface area contributed by atoms with Gasteiger partial charge in [-0.15, -0.1) is 11.5 Å². The molecule has 0 aliphatic carbocycles. The van der Waals surface area contributed by atoms with Crippen LogP contribution in [0.15, 0.2) is 94.9 Å². The van der Waals surface area contributed by atoms with Crippen LogP contribution in [0, 0.1) is 13.8 Å². The fraction of sp³-hybridized carbons (Fsp3) is 0.263. The Kier molecular flexibility index (Phi) is 11.3. The van der Waals surface area contributed by atoms with E-state index in [0.717, 1.165) is 33.6 Å². The average Bonchev–Trinajstić information content (AvgIpc) is 2.98. The summed E-state index contributed by atoms with van der Waals surface area (Å²) in [7, 11) is 0. The Morgan fingerprint density at radius 2 is 0.860 bits per heavy atom. The number of nitrogens with zero attached hydrogens (tertiary/aromatic N) is 2. The van der Waals surface area contributed by atoms with E-state index in [1.807, 2.05) is 24.3 Å². The van der Waals surface area contributed by atoms with Gasteiger partial charge in [-0.2, -0.15) is 0 Å². The minimum absolute atomic E-state index is 0. The zero-order valence-electron chi connectivity index (χ0n) is 26.3. The molecule has 0 radical (unpaired) electrons. The van der Waals surface area contributed by atoms with Gasteiger partial charge in [0.25, 0.3) is 0 Å². The summed E-state index contributed by atoms with van der Waals surface area (Å²) in [6, 6.07) is 27.3. The Balaban J connectivity index is 0.000000254. The molecule has 0 spiro atoms. The Bertz CT molecular complexity index is 1690. The van der Waals surface area contributed by atoms with Crippen molar-refractivity contribution < 1.29 is 26.7 Å². The molecule has 0 aliphatic heterocycles. The van der Waals surface area contributed by atoms with Gasteiger partial charge in [-0.25, -0.2) is 0 Å². The first-order valence-corrected chi connectivity index (χ1v) is 14.6. The van der Waals surface area contributed by atoms with Crippen molar-refractivity contribution in [3.8, 4) is 11.5 Å². The number of aryl methyl sites for hydroxylation is 2. The molecule has 0 heterocycles. The number of aliphatic imine (C=N–C) groups is 2. The summed E-state index contributed by atoms with van der Waals surface area (Å²) in [5.41, 5.74) is 9.11. The molecule has 0 aromatic heterocycles. The average molecular weight is 615 g/mol. The van der Waals surface area contributed by atoms with E-state index in [4.69, 9.17) is 9.98 Å². The predicted molar refractivity (Wildman–Crippen MR) is 176 cm³/mol. The van der Waals surface area contributed by atoms with Gasteiger partial charge in [0.15, 0.2) is 0 Å². The molecule has 5 rings (SSSR count). The maximum absolute atomic E-state index is 11.8. The minimum Gasteiger partial charge on any atom is -0.872 e. The Morgan fingerprint density at radius 1 is 0.512 bits per heavy atom. The van der Waals surface area contributed by atoms with Gasteiger partial charge in [-0.05, 0) is 83.3 Å². The molecule has 0 unspecified atom stereocenters. The molecular weight excluding hydrogens is 575 g/mol. The van der Waals surface area contributed by atoms with Crippen molar-refractivity contribution in [1.82, 2.24) is 0 Å². The van der Waals surface area contributed by atoms with Gasteiger partial charge in [0.05, 0.1) is 22.8 Å². The molecule has 5 heteroatoms. The zero-order valence-corrected chi connectivity index (χ0v) is 27.3. The van der Waals surface area contributed by atoms with Gasteiger partial charge < -0.3 is 10.2 Å². The monoisotopic (exact) mass is 614 g/mol. The third-order valence-corrected chi connectivity index (χ3v) is 7.70. The molecular formula is C38H40N2NiO2. The van der Waals surface area contributed by atoms with E-state index in [1.165, 1.54) is 22.3 Å². The third kappa shape index (κ3) is 7.35. The molecule has 0 saturated heterocycles. The smallest absolute Gasteiger partial charge is 0.872 e. The van der Waals surface area contributed by atoms with Crippen molar-refractivity contribution in [3.05, 3.63) is 107 Å². The fourth-order valence-corrected chi connectivity index (χ4v) is 5.20. The molecule has 0 aliphatic rings. The maximum atomic E-state index is 11.8. The molecule has 5 aromatic carbocycles. The van der Waals surface area contributed by atoms with Crippen LogP contribution in [0.2, 0.25) is 0 Å². The van der Waals surface area contributed by atoms with E-state index in [-0.39, 0.29) is 16.5 Å². The van der Waals surface area contributed by atoms with Crippen molar-refractivity contribution in [3.63, 3.8) is 0 Å². The second-order valence-electron chi connectivity index (χ2n) is 11.5. The zero-order chi connectivity index (χ0) is 30.6. The molecule has 0 amide bonds. The van der Waals surface area contributed by atoms with Crippen LogP contribution in [0.3, 0.4) is 0 Å². The number of hydrogen-bond acceptors (Lipinski definition) is 4. The van der Waals surface area contributed by atoms with Crippen LogP contribution in [0.25, 0.3) is 21.5 Å². The van der Waals surface area contributed by atoms with Crippen LogP contribution >= 0.6 is 0 Å². The van der Waals surface area contributed by atoms with E-state index in [0.29, 0.717) is 22.6 Å². The molecule has 0 atom stereocenters. The van der Waals surface area contributed by atoms with Gasteiger partial charge in [0, 0.05) is 0 Å². The quantitative estimate of drug-likeness (QED) is 0.112. The Labute approximate surface area is 266 Å². The van der Waals surface area contributed by atoms with Gasteiger partial charge in [0.2, 0.25) is 0 Å². The molecule has 0 fully saturated rings. The summed E-state index contributed by atoms with van der Waals surface area (Å²) in [4.78, 5) is 9.93. The SMILES string of the molecule is CC(=Nc1c(C)cccc1C)C(C)=Nc1c(C(C)C)cccc1C(C)C.[Ni+2].[O-]c1c([O-])c2ccccc2c2ccccc12. The second-order valence-corrected chi connectivity index (χ2v) is 11.5. The van der Waals surface area contributed by atoms with E-state index in [2.05, 4.69) is 91.8 Å². The number of para-hydroxylation sites is 2. The number of rotatable bonds is 5. The van der Waals surface area contributed by atoms with Crippen molar-refractivity contribution in [2.75, 3.05) is 0 Å². The summed E-state index contributed by atoms with van der Waals surface area (Å²) >= 11 is 0. The van der Waals surface area contributed by atoms with Crippen molar-refractivity contribution >= 4 is 44.3 Å². The predicted octanol–water partition coefficient (Wildman–Crippen LogP) is 9.57. The third-order valence-electron chi connectivity index (χ3n) is 7.70. The molecule has 0 saturated carbocycles. The molecule has 0 bridgehead atoms. The van der Waals surface area contributed by atoms with Crippen molar-refractivity contribution in [1.29, 1.82) is 0 Å². The molecule has 0 N–H and O–H groups in total. The second kappa shape index (κ2) is 14.5. The fourth-order valence-electron chi connectivity index (χ4n) is 5.20. The van der Waals surface area contributed by atoms with Crippen LogP contribution < -0.4 is 10.2 Å². The number of fused-ring (bicyclic) bond motifs is 3. The van der Waals surface area contributed by atoms with Gasteiger partial charge >= 0.3 is 16.5 Å². The normalized spacial score (nSPS) is 12.0.